The molecule has 0 bridgehead atoms. The number of sulfonamides is 1. The van der Waals surface area contributed by atoms with Crippen LogP contribution in [0, 0.1) is 5.95 Å². The summed E-state index contributed by atoms with van der Waals surface area (Å²) in [5, 5.41) is 11.2. The van der Waals surface area contributed by atoms with Gasteiger partial charge in [-0.1, -0.05) is 6.07 Å². The highest BCUT2D eigenvalue weighted by molar-refractivity contribution is 7.88. The third-order valence-corrected chi connectivity index (χ3v) is 6.88. The minimum Gasteiger partial charge on any atom is -0.421 e. The summed E-state index contributed by atoms with van der Waals surface area (Å²) in [6, 6.07) is 10.8. The zero-order valence-electron chi connectivity index (χ0n) is 19.1. The number of hydrogen-bond acceptors (Lipinski definition) is 10. The SMILES string of the molecule is CS(=O)(=O)NCc1nnc(C(NC(=O)c2cccnc2)c2nc3ccc(-c4ccc(F)nc4)cc3s2)o1. The number of aromatic nitrogens is 5. The van der Waals surface area contributed by atoms with Crippen molar-refractivity contribution in [3.05, 3.63) is 89.4 Å². The fourth-order valence-electron chi connectivity index (χ4n) is 3.38. The molecule has 0 aliphatic heterocycles. The Morgan fingerprint density at radius 1 is 1.14 bits per heavy atom. The quantitative estimate of drug-likeness (QED) is 0.283. The van der Waals surface area contributed by atoms with Gasteiger partial charge in [-0.05, 0) is 42.0 Å². The number of carbonyl (C=O) groups is 1. The van der Waals surface area contributed by atoms with Crippen LogP contribution in [-0.4, -0.2) is 45.7 Å². The first kappa shape index (κ1) is 24.5. The smallest absolute Gasteiger partial charge is 0.253 e. The topological polar surface area (TPSA) is 153 Å². The van der Waals surface area contributed by atoms with Crippen molar-refractivity contribution in [3.8, 4) is 11.1 Å². The predicted molar refractivity (Wildman–Crippen MR) is 132 cm³/mol. The van der Waals surface area contributed by atoms with Crippen molar-refractivity contribution >= 4 is 37.5 Å². The molecule has 0 spiro atoms. The Morgan fingerprint density at radius 2 is 1.97 bits per heavy atom. The normalized spacial score (nSPS) is 12.5. The van der Waals surface area contributed by atoms with E-state index in [-0.39, 0.29) is 18.3 Å². The Bertz CT molecular complexity index is 1670. The first-order chi connectivity index (χ1) is 17.7. The van der Waals surface area contributed by atoms with Gasteiger partial charge in [0.1, 0.15) is 5.01 Å². The van der Waals surface area contributed by atoms with E-state index in [0.29, 0.717) is 16.1 Å². The Balaban J connectivity index is 1.50. The molecule has 0 fully saturated rings. The molecule has 11 nitrogen and oxygen atoms in total. The summed E-state index contributed by atoms with van der Waals surface area (Å²) in [5.74, 6) is -0.954. The molecule has 0 saturated carbocycles. The number of pyridine rings is 2. The summed E-state index contributed by atoms with van der Waals surface area (Å²) in [7, 11) is -3.48. The van der Waals surface area contributed by atoms with Gasteiger partial charge in [0.15, 0.2) is 6.04 Å². The number of thiazole rings is 1. The van der Waals surface area contributed by atoms with Gasteiger partial charge in [-0.25, -0.2) is 23.1 Å². The Hall–Kier alpha value is -4.14. The van der Waals surface area contributed by atoms with E-state index >= 15 is 0 Å². The fourth-order valence-corrected chi connectivity index (χ4v) is 4.82. The molecule has 14 heteroatoms. The molecule has 0 aliphatic carbocycles. The molecular formula is C23H18FN7O4S2. The van der Waals surface area contributed by atoms with Gasteiger partial charge in [-0.2, -0.15) is 4.39 Å². The van der Waals surface area contributed by atoms with Crippen LogP contribution in [0.5, 0.6) is 0 Å². The van der Waals surface area contributed by atoms with E-state index in [0.717, 1.165) is 22.1 Å². The summed E-state index contributed by atoms with van der Waals surface area (Å²) in [4.78, 5) is 25.3. The van der Waals surface area contributed by atoms with Gasteiger partial charge in [-0.15, -0.1) is 21.5 Å². The lowest BCUT2D eigenvalue weighted by molar-refractivity contribution is 0.0937. The van der Waals surface area contributed by atoms with Crippen molar-refractivity contribution < 1.29 is 22.0 Å². The van der Waals surface area contributed by atoms with Crippen LogP contribution in [0.25, 0.3) is 21.3 Å². The summed E-state index contributed by atoms with van der Waals surface area (Å²) >= 11 is 1.30. The number of hydrogen-bond donors (Lipinski definition) is 2. The fraction of sp³-hybridized carbons (Fsp3) is 0.130. The largest absolute Gasteiger partial charge is 0.421 e. The average molecular weight is 540 g/mol. The van der Waals surface area contributed by atoms with E-state index in [1.807, 2.05) is 18.2 Å². The summed E-state index contributed by atoms with van der Waals surface area (Å²) < 4.78 is 44.8. The minimum atomic E-state index is -3.48. The van der Waals surface area contributed by atoms with E-state index in [1.165, 1.54) is 29.8 Å². The summed E-state index contributed by atoms with van der Waals surface area (Å²) in [5.41, 5.74) is 2.54. The molecule has 5 aromatic rings. The lowest BCUT2D eigenvalue weighted by Gasteiger charge is -2.12. The summed E-state index contributed by atoms with van der Waals surface area (Å²) in [6.07, 6.45) is 5.43. The number of amides is 1. The minimum absolute atomic E-state index is 0.0215. The van der Waals surface area contributed by atoms with Crippen LogP contribution in [0.4, 0.5) is 4.39 Å². The first-order valence-electron chi connectivity index (χ1n) is 10.8. The van der Waals surface area contributed by atoms with Gasteiger partial charge in [0.05, 0.1) is 28.6 Å². The van der Waals surface area contributed by atoms with Crippen LogP contribution in [0.3, 0.4) is 0 Å². The number of nitrogens with zero attached hydrogens (tertiary/aromatic N) is 5. The van der Waals surface area contributed by atoms with E-state index < -0.39 is 27.9 Å². The molecule has 0 aliphatic rings. The van der Waals surface area contributed by atoms with Gasteiger partial charge in [0.2, 0.25) is 27.8 Å². The number of carbonyl (C=O) groups excluding carboxylic acids is 1. The van der Waals surface area contributed by atoms with Crippen molar-refractivity contribution in [2.75, 3.05) is 6.26 Å². The Labute approximate surface area is 213 Å². The standard InChI is InChI=1S/C23H18FN7O4S2/c1-37(33,34)27-12-19-30-31-22(35-19)20(29-21(32)15-3-2-8-25-10-15)23-28-16-6-4-13(9-17(16)36-23)14-5-7-18(24)26-11-14/h2-11,20,27H,12H2,1H3,(H,29,32). The van der Waals surface area contributed by atoms with Crippen molar-refractivity contribution in [2.24, 2.45) is 0 Å². The van der Waals surface area contributed by atoms with Gasteiger partial charge >= 0.3 is 0 Å². The van der Waals surface area contributed by atoms with E-state index in [9.17, 15) is 17.6 Å². The van der Waals surface area contributed by atoms with Crippen molar-refractivity contribution in [3.63, 3.8) is 0 Å². The third kappa shape index (κ3) is 5.82. The number of fused-ring (bicyclic) bond motifs is 1. The van der Waals surface area contributed by atoms with Gasteiger partial charge in [-0.3, -0.25) is 9.78 Å². The molecule has 5 rings (SSSR count). The molecule has 1 amide bonds. The molecular weight excluding hydrogens is 521 g/mol. The molecule has 1 unspecified atom stereocenters. The Kier molecular flexibility index (Phi) is 6.69. The van der Waals surface area contributed by atoms with Crippen molar-refractivity contribution in [2.45, 2.75) is 12.6 Å². The maximum Gasteiger partial charge on any atom is 0.253 e. The average Bonchev–Trinajstić information content (AvgIpc) is 3.53. The number of benzene rings is 1. The molecule has 2 N–H and O–H groups in total. The van der Waals surface area contributed by atoms with Crippen LogP contribution in [0.15, 0.2) is 65.5 Å². The van der Waals surface area contributed by atoms with E-state index in [2.05, 4.69) is 35.2 Å². The van der Waals surface area contributed by atoms with E-state index in [1.54, 1.807) is 24.4 Å². The highest BCUT2D eigenvalue weighted by Crippen LogP contribution is 2.33. The van der Waals surface area contributed by atoms with Gasteiger partial charge in [0.25, 0.3) is 5.91 Å². The van der Waals surface area contributed by atoms with Crippen LogP contribution >= 0.6 is 11.3 Å². The highest BCUT2D eigenvalue weighted by Gasteiger charge is 2.27. The molecule has 1 aromatic carbocycles. The molecule has 4 aromatic heterocycles. The number of halogens is 1. The number of rotatable bonds is 8. The molecule has 0 radical (unpaired) electrons. The molecule has 4 heterocycles. The molecule has 0 saturated heterocycles. The molecule has 1 atom stereocenters. The van der Waals surface area contributed by atoms with Crippen LogP contribution < -0.4 is 10.0 Å². The Morgan fingerprint density at radius 3 is 2.70 bits per heavy atom. The maximum atomic E-state index is 13.2. The second-order valence-electron chi connectivity index (χ2n) is 7.88. The maximum absolute atomic E-state index is 13.2. The van der Waals surface area contributed by atoms with Gasteiger partial charge in [0, 0.05) is 24.2 Å². The second-order valence-corrected chi connectivity index (χ2v) is 10.8. The zero-order chi connectivity index (χ0) is 26.0. The van der Waals surface area contributed by atoms with Crippen molar-refractivity contribution in [1.82, 2.24) is 35.2 Å². The second kappa shape index (κ2) is 10.1. The number of nitrogens with one attached hydrogen (secondary N) is 2. The van der Waals surface area contributed by atoms with Crippen LogP contribution in [0.2, 0.25) is 0 Å². The monoisotopic (exact) mass is 539 g/mol. The zero-order valence-corrected chi connectivity index (χ0v) is 20.8. The lowest BCUT2D eigenvalue weighted by atomic mass is 10.1. The molecule has 37 heavy (non-hydrogen) atoms. The van der Waals surface area contributed by atoms with Crippen LogP contribution in [0.1, 0.15) is 33.2 Å². The van der Waals surface area contributed by atoms with Crippen LogP contribution in [-0.2, 0) is 16.6 Å². The highest BCUT2D eigenvalue weighted by atomic mass is 32.2. The lowest BCUT2D eigenvalue weighted by Crippen LogP contribution is -2.29. The molecule has 188 valence electrons. The first-order valence-corrected chi connectivity index (χ1v) is 13.5. The van der Waals surface area contributed by atoms with E-state index in [4.69, 9.17) is 4.42 Å². The third-order valence-electron chi connectivity index (χ3n) is 5.13. The van der Waals surface area contributed by atoms with Gasteiger partial charge < -0.3 is 9.73 Å². The summed E-state index contributed by atoms with van der Waals surface area (Å²) in [6.45, 7) is -0.204. The van der Waals surface area contributed by atoms with Crippen molar-refractivity contribution in [1.29, 1.82) is 0 Å². The predicted octanol–water partition coefficient (Wildman–Crippen LogP) is 2.84.